The lowest BCUT2D eigenvalue weighted by Crippen LogP contribution is -2.14. The molecule has 0 unspecified atom stereocenters. The van der Waals surface area contributed by atoms with E-state index < -0.39 is 0 Å². The first-order valence-electron chi connectivity index (χ1n) is 4.34. The van der Waals surface area contributed by atoms with Crippen molar-refractivity contribution in [2.75, 3.05) is 6.54 Å². The van der Waals surface area contributed by atoms with E-state index >= 15 is 0 Å². The molecule has 0 radical (unpaired) electrons. The first-order chi connectivity index (χ1) is 6.33. The largest absolute Gasteiger partial charge is 0.310 e. The van der Waals surface area contributed by atoms with Crippen LogP contribution < -0.4 is 5.32 Å². The molecule has 1 N–H and O–H groups in total. The normalized spacial score (nSPS) is 9.38. The zero-order valence-corrected chi connectivity index (χ0v) is 8.87. The lowest BCUT2D eigenvalue weighted by molar-refractivity contribution is 0.689. The van der Waals surface area contributed by atoms with Crippen molar-refractivity contribution in [3.05, 3.63) is 16.1 Å². The van der Waals surface area contributed by atoms with E-state index in [1.807, 2.05) is 13.8 Å². The van der Waals surface area contributed by atoms with Crippen molar-refractivity contribution in [3.63, 3.8) is 0 Å². The number of aryl methyl sites for hydroxylation is 1. The molecule has 1 rings (SSSR count). The molecule has 0 aromatic carbocycles. The molecule has 1 aromatic heterocycles. The Kier molecular flexibility index (Phi) is 4.52. The number of aromatic nitrogens is 1. The lowest BCUT2D eigenvalue weighted by Gasteiger charge is -1.97. The van der Waals surface area contributed by atoms with Crippen LogP contribution in [0.25, 0.3) is 0 Å². The Bertz CT molecular complexity index is 306. The van der Waals surface area contributed by atoms with Gasteiger partial charge in [0.1, 0.15) is 0 Å². The van der Waals surface area contributed by atoms with Gasteiger partial charge in [-0.05, 0) is 13.8 Å². The van der Waals surface area contributed by atoms with Crippen molar-refractivity contribution in [3.8, 4) is 11.8 Å². The minimum Gasteiger partial charge on any atom is -0.310 e. The molecule has 0 aliphatic heterocycles. The topological polar surface area (TPSA) is 24.9 Å². The van der Waals surface area contributed by atoms with Crippen LogP contribution >= 0.6 is 11.3 Å². The van der Waals surface area contributed by atoms with E-state index in [2.05, 4.69) is 27.5 Å². The van der Waals surface area contributed by atoms with Crippen LogP contribution in [0.1, 0.15) is 24.0 Å². The molecule has 0 saturated carbocycles. The van der Waals surface area contributed by atoms with Crippen molar-refractivity contribution in [1.29, 1.82) is 0 Å². The summed E-state index contributed by atoms with van der Waals surface area (Å²) < 4.78 is 0. The SMILES string of the molecule is CC#CCCNCc1csc(C)n1. The highest BCUT2D eigenvalue weighted by Gasteiger charge is 1.95. The minimum atomic E-state index is 0.857. The van der Waals surface area contributed by atoms with Gasteiger partial charge in [0.2, 0.25) is 0 Å². The van der Waals surface area contributed by atoms with E-state index in [9.17, 15) is 0 Å². The van der Waals surface area contributed by atoms with Gasteiger partial charge in [-0.1, -0.05) is 0 Å². The minimum absolute atomic E-state index is 0.857. The summed E-state index contributed by atoms with van der Waals surface area (Å²) in [6, 6.07) is 0. The molecule has 0 saturated heterocycles. The molecule has 0 fully saturated rings. The highest BCUT2D eigenvalue weighted by molar-refractivity contribution is 7.09. The summed E-state index contributed by atoms with van der Waals surface area (Å²) in [6.45, 7) is 5.69. The Balaban J connectivity index is 2.15. The number of hydrogen-bond donors (Lipinski definition) is 1. The van der Waals surface area contributed by atoms with Crippen molar-refractivity contribution in [2.24, 2.45) is 0 Å². The molecule has 3 heteroatoms. The van der Waals surface area contributed by atoms with Crippen LogP contribution in [0, 0.1) is 18.8 Å². The average molecular weight is 194 g/mol. The van der Waals surface area contributed by atoms with Gasteiger partial charge in [0, 0.05) is 24.9 Å². The van der Waals surface area contributed by atoms with Gasteiger partial charge in [-0.25, -0.2) is 4.98 Å². The van der Waals surface area contributed by atoms with E-state index in [4.69, 9.17) is 0 Å². The molecule has 0 spiro atoms. The van der Waals surface area contributed by atoms with Crippen LogP contribution in [0.2, 0.25) is 0 Å². The zero-order chi connectivity index (χ0) is 9.52. The van der Waals surface area contributed by atoms with E-state index in [-0.39, 0.29) is 0 Å². The molecule has 1 aromatic rings. The van der Waals surface area contributed by atoms with Crippen LogP contribution in [0.4, 0.5) is 0 Å². The molecule has 0 atom stereocenters. The second kappa shape index (κ2) is 5.74. The summed E-state index contributed by atoms with van der Waals surface area (Å²) in [5.41, 5.74) is 1.13. The Labute approximate surface area is 83.4 Å². The van der Waals surface area contributed by atoms with E-state index in [0.29, 0.717) is 0 Å². The number of hydrogen-bond acceptors (Lipinski definition) is 3. The summed E-state index contributed by atoms with van der Waals surface area (Å²) in [5.74, 6) is 5.88. The monoisotopic (exact) mass is 194 g/mol. The number of thiazole rings is 1. The Hall–Kier alpha value is -0.850. The Morgan fingerprint density at radius 3 is 3.08 bits per heavy atom. The Morgan fingerprint density at radius 2 is 2.46 bits per heavy atom. The standard InChI is InChI=1S/C10H14N2S/c1-3-4-5-6-11-7-10-8-13-9(2)12-10/h8,11H,5-7H2,1-2H3. The Morgan fingerprint density at radius 1 is 1.62 bits per heavy atom. The smallest absolute Gasteiger partial charge is 0.0897 e. The van der Waals surface area contributed by atoms with Crippen molar-refractivity contribution in [1.82, 2.24) is 10.3 Å². The first kappa shape index (κ1) is 10.2. The second-order valence-electron chi connectivity index (χ2n) is 2.71. The van der Waals surface area contributed by atoms with Crippen molar-refractivity contribution in [2.45, 2.75) is 26.8 Å². The highest BCUT2D eigenvalue weighted by atomic mass is 32.1. The number of nitrogens with zero attached hydrogens (tertiary/aromatic N) is 1. The first-order valence-corrected chi connectivity index (χ1v) is 5.22. The van der Waals surface area contributed by atoms with Crippen LogP contribution in [0.3, 0.4) is 0 Å². The van der Waals surface area contributed by atoms with Gasteiger partial charge >= 0.3 is 0 Å². The quantitative estimate of drug-likeness (QED) is 0.585. The van der Waals surface area contributed by atoms with Gasteiger partial charge in [0.15, 0.2) is 0 Å². The number of rotatable bonds is 4. The summed E-state index contributed by atoms with van der Waals surface area (Å²) >= 11 is 1.69. The third-order valence-electron chi connectivity index (χ3n) is 1.58. The molecular weight excluding hydrogens is 180 g/mol. The van der Waals surface area contributed by atoms with Crippen LogP contribution in [-0.2, 0) is 6.54 Å². The molecule has 2 nitrogen and oxygen atoms in total. The lowest BCUT2D eigenvalue weighted by atomic mass is 10.4. The van der Waals surface area contributed by atoms with E-state index in [1.165, 1.54) is 0 Å². The fourth-order valence-corrected chi connectivity index (χ4v) is 1.59. The van der Waals surface area contributed by atoms with E-state index in [1.54, 1.807) is 11.3 Å². The predicted molar refractivity (Wildman–Crippen MR) is 56.6 cm³/mol. The van der Waals surface area contributed by atoms with Crippen LogP contribution in [-0.4, -0.2) is 11.5 Å². The van der Waals surface area contributed by atoms with Gasteiger partial charge in [-0.3, -0.25) is 0 Å². The zero-order valence-electron chi connectivity index (χ0n) is 8.05. The maximum absolute atomic E-state index is 4.35. The van der Waals surface area contributed by atoms with Gasteiger partial charge in [0.25, 0.3) is 0 Å². The summed E-state index contributed by atoms with van der Waals surface area (Å²) in [4.78, 5) is 4.35. The predicted octanol–water partition coefficient (Wildman–Crippen LogP) is 1.95. The van der Waals surface area contributed by atoms with Gasteiger partial charge in [-0.15, -0.1) is 23.2 Å². The molecule has 0 aliphatic carbocycles. The van der Waals surface area contributed by atoms with Gasteiger partial charge < -0.3 is 5.32 Å². The summed E-state index contributed by atoms with van der Waals surface area (Å²) in [6.07, 6.45) is 0.916. The molecule has 0 aliphatic rings. The van der Waals surface area contributed by atoms with Crippen molar-refractivity contribution < 1.29 is 0 Å². The van der Waals surface area contributed by atoms with Crippen LogP contribution in [0.5, 0.6) is 0 Å². The molecule has 0 amide bonds. The third kappa shape index (κ3) is 4.07. The maximum atomic E-state index is 4.35. The highest BCUT2D eigenvalue weighted by Crippen LogP contribution is 2.06. The van der Waals surface area contributed by atoms with Crippen molar-refractivity contribution >= 4 is 11.3 Å². The molecular formula is C10H14N2S. The fraction of sp³-hybridized carbons (Fsp3) is 0.500. The van der Waals surface area contributed by atoms with Crippen LogP contribution in [0.15, 0.2) is 5.38 Å². The van der Waals surface area contributed by atoms with Gasteiger partial charge in [-0.2, -0.15) is 0 Å². The average Bonchev–Trinajstić information content (AvgIpc) is 2.51. The molecule has 13 heavy (non-hydrogen) atoms. The molecule has 70 valence electrons. The maximum Gasteiger partial charge on any atom is 0.0897 e. The fourth-order valence-electron chi connectivity index (χ4n) is 0.982. The van der Waals surface area contributed by atoms with Gasteiger partial charge in [0.05, 0.1) is 10.7 Å². The third-order valence-corrected chi connectivity index (χ3v) is 2.40. The number of nitrogens with one attached hydrogen (secondary N) is 1. The summed E-state index contributed by atoms with van der Waals surface area (Å²) in [5, 5.41) is 6.51. The molecule has 1 heterocycles. The molecule has 0 bridgehead atoms. The summed E-state index contributed by atoms with van der Waals surface area (Å²) in [7, 11) is 0. The second-order valence-corrected chi connectivity index (χ2v) is 3.77. The van der Waals surface area contributed by atoms with E-state index in [0.717, 1.165) is 30.2 Å².